The molecule has 3 rings (SSSR count). The van der Waals surface area contributed by atoms with Crippen LogP contribution in [0, 0.1) is 6.92 Å². The molecule has 1 atom stereocenters. The van der Waals surface area contributed by atoms with Crippen molar-refractivity contribution in [3.05, 3.63) is 70.0 Å². The molecule has 5 heteroatoms. The molecule has 24 heavy (non-hydrogen) atoms. The fourth-order valence-corrected chi connectivity index (χ4v) is 3.35. The maximum Gasteiger partial charge on any atom is 0.221 e. The van der Waals surface area contributed by atoms with E-state index < -0.39 is 0 Å². The second-order valence-corrected chi connectivity index (χ2v) is 6.61. The molecular weight excluding hydrogens is 318 g/mol. The number of benzene rings is 2. The number of nitrogens with two attached hydrogens (primary N) is 1. The number of aromatic nitrogens is 1. The van der Waals surface area contributed by atoms with Gasteiger partial charge in [0.25, 0.3) is 0 Å². The van der Waals surface area contributed by atoms with Gasteiger partial charge in [0, 0.05) is 23.6 Å². The molecule has 3 aromatic rings. The number of carbonyl (C=O) groups is 1. The van der Waals surface area contributed by atoms with Crippen LogP contribution in [0.5, 0.6) is 0 Å². The standard InChI is InChI=1S/C19H19N3OS/c1-12-4-3-5-15(10-12)18(20)19-22-17(11-24-19)14-6-8-16(9-7-14)21-13(2)23/h3-11,18H,20H2,1-2H3,(H,21,23). The van der Waals surface area contributed by atoms with E-state index in [1.165, 1.54) is 12.5 Å². The molecule has 3 N–H and O–H groups in total. The molecule has 1 amide bonds. The molecule has 0 fully saturated rings. The van der Waals surface area contributed by atoms with Crippen LogP contribution < -0.4 is 11.1 Å². The van der Waals surface area contributed by atoms with Crippen molar-refractivity contribution < 1.29 is 4.79 Å². The summed E-state index contributed by atoms with van der Waals surface area (Å²) in [5, 5.41) is 5.66. The zero-order chi connectivity index (χ0) is 17.1. The first-order valence-electron chi connectivity index (χ1n) is 7.68. The lowest BCUT2D eigenvalue weighted by molar-refractivity contribution is -0.114. The van der Waals surface area contributed by atoms with E-state index in [0.717, 1.165) is 27.5 Å². The van der Waals surface area contributed by atoms with Gasteiger partial charge in [0.1, 0.15) is 5.01 Å². The summed E-state index contributed by atoms with van der Waals surface area (Å²) < 4.78 is 0. The van der Waals surface area contributed by atoms with E-state index in [0.29, 0.717) is 0 Å². The normalized spacial score (nSPS) is 12.0. The monoisotopic (exact) mass is 337 g/mol. The summed E-state index contributed by atoms with van der Waals surface area (Å²) in [5.74, 6) is -0.0807. The Morgan fingerprint density at radius 2 is 1.96 bits per heavy atom. The Balaban J connectivity index is 1.81. The summed E-state index contributed by atoms with van der Waals surface area (Å²) >= 11 is 1.56. The highest BCUT2D eigenvalue weighted by atomic mass is 32.1. The molecule has 2 aromatic carbocycles. The fourth-order valence-electron chi connectivity index (χ4n) is 2.50. The van der Waals surface area contributed by atoms with Gasteiger partial charge in [-0.15, -0.1) is 11.3 Å². The molecule has 122 valence electrons. The minimum Gasteiger partial charge on any atom is -0.326 e. The molecular formula is C19H19N3OS. The van der Waals surface area contributed by atoms with Gasteiger partial charge in [-0.1, -0.05) is 42.0 Å². The number of amides is 1. The topological polar surface area (TPSA) is 68.0 Å². The molecule has 0 aliphatic rings. The highest BCUT2D eigenvalue weighted by molar-refractivity contribution is 7.10. The fraction of sp³-hybridized carbons (Fsp3) is 0.158. The van der Waals surface area contributed by atoms with E-state index in [1.807, 2.05) is 41.8 Å². The van der Waals surface area contributed by atoms with Crippen molar-refractivity contribution in [2.24, 2.45) is 5.73 Å². The van der Waals surface area contributed by atoms with Crippen molar-refractivity contribution in [3.63, 3.8) is 0 Å². The van der Waals surface area contributed by atoms with Crippen LogP contribution in [0.15, 0.2) is 53.9 Å². The minimum absolute atomic E-state index is 0.0807. The summed E-state index contributed by atoms with van der Waals surface area (Å²) in [6.07, 6.45) is 0. The van der Waals surface area contributed by atoms with Crippen LogP contribution in [-0.4, -0.2) is 10.9 Å². The van der Waals surface area contributed by atoms with Gasteiger partial charge in [-0.3, -0.25) is 4.79 Å². The molecule has 0 aliphatic heterocycles. The van der Waals surface area contributed by atoms with Crippen LogP contribution in [0.4, 0.5) is 5.69 Å². The van der Waals surface area contributed by atoms with Crippen LogP contribution >= 0.6 is 11.3 Å². The molecule has 1 heterocycles. The zero-order valence-electron chi connectivity index (χ0n) is 13.6. The maximum absolute atomic E-state index is 11.1. The van der Waals surface area contributed by atoms with E-state index in [4.69, 9.17) is 5.73 Å². The van der Waals surface area contributed by atoms with Crippen LogP contribution in [0.3, 0.4) is 0 Å². The van der Waals surface area contributed by atoms with E-state index in [9.17, 15) is 4.79 Å². The number of aryl methyl sites for hydroxylation is 1. The van der Waals surface area contributed by atoms with Crippen molar-refractivity contribution in [1.82, 2.24) is 4.98 Å². The molecule has 4 nitrogen and oxygen atoms in total. The highest BCUT2D eigenvalue weighted by Crippen LogP contribution is 2.28. The second-order valence-electron chi connectivity index (χ2n) is 5.72. The molecule has 1 aromatic heterocycles. The first-order chi connectivity index (χ1) is 11.5. The Morgan fingerprint density at radius 1 is 1.21 bits per heavy atom. The molecule has 1 unspecified atom stereocenters. The Labute approximate surface area is 145 Å². The number of nitrogens with zero attached hydrogens (tertiary/aromatic N) is 1. The summed E-state index contributed by atoms with van der Waals surface area (Å²) in [6, 6.07) is 15.6. The highest BCUT2D eigenvalue weighted by Gasteiger charge is 2.14. The average molecular weight is 337 g/mol. The molecule has 0 spiro atoms. The van der Waals surface area contributed by atoms with Crippen molar-refractivity contribution in [2.75, 3.05) is 5.32 Å². The van der Waals surface area contributed by atoms with Crippen molar-refractivity contribution in [2.45, 2.75) is 19.9 Å². The van der Waals surface area contributed by atoms with Crippen molar-refractivity contribution in [3.8, 4) is 11.3 Å². The SMILES string of the molecule is CC(=O)Nc1ccc(-c2csc(C(N)c3cccc(C)c3)n2)cc1. The number of hydrogen-bond donors (Lipinski definition) is 2. The Kier molecular flexibility index (Phi) is 4.74. The lowest BCUT2D eigenvalue weighted by atomic mass is 10.1. The molecule has 0 saturated carbocycles. The van der Waals surface area contributed by atoms with Gasteiger partial charge in [0.2, 0.25) is 5.91 Å². The average Bonchev–Trinajstić information content (AvgIpc) is 3.04. The lowest BCUT2D eigenvalue weighted by Crippen LogP contribution is -2.11. The minimum atomic E-state index is -0.220. The number of thiazole rings is 1. The quantitative estimate of drug-likeness (QED) is 0.752. The van der Waals surface area contributed by atoms with Gasteiger partial charge in [0.05, 0.1) is 11.7 Å². The molecule has 0 bridgehead atoms. The van der Waals surface area contributed by atoms with Gasteiger partial charge in [-0.25, -0.2) is 4.98 Å². The Morgan fingerprint density at radius 3 is 2.62 bits per heavy atom. The van der Waals surface area contributed by atoms with E-state index in [1.54, 1.807) is 11.3 Å². The first kappa shape index (κ1) is 16.4. The second kappa shape index (κ2) is 6.95. The Hall–Kier alpha value is -2.50. The number of hydrogen-bond acceptors (Lipinski definition) is 4. The van der Waals surface area contributed by atoms with Gasteiger partial charge in [-0.2, -0.15) is 0 Å². The van der Waals surface area contributed by atoms with Crippen LogP contribution in [-0.2, 0) is 4.79 Å². The van der Waals surface area contributed by atoms with Gasteiger partial charge in [0.15, 0.2) is 0 Å². The molecule has 0 aliphatic carbocycles. The van der Waals surface area contributed by atoms with Crippen molar-refractivity contribution in [1.29, 1.82) is 0 Å². The van der Waals surface area contributed by atoms with E-state index in [-0.39, 0.29) is 11.9 Å². The largest absolute Gasteiger partial charge is 0.326 e. The van der Waals surface area contributed by atoms with Crippen LogP contribution in [0.2, 0.25) is 0 Å². The maximum atomic E-state index is 11.1. The molecule has 0 radical (unpaired) electrons. The predicted octanol–water partition coefficient (Wildman–Crippen LogP) is 4.13. The predicted molar refractivity (Wildman–Crippen MR) is 99.1 cm³/mol. The summed E-state index contributed by atoms with van der Waals surface area (Å²) in [5.41, 5.74) is 11.3. The summed E-state index contributed by atoms with van der Waals surface area (Å²) in [6.45, 7) is 3.55. The summed E-state index contributed by atoms with van der Waals surface area (Å²) in [7, 11) is 0. The lowest BCUT2D eigenvalue weighted by Gasteiger charge is -2.09. The Bertz CT molecular complexity index is 855. The third kappa shape index (κ3) is 3.69. The summed E-state index contributed by atoms with van der Waals surface area (Å²) in [4.78, 5) is 15.8. The number of rotatable bonds is 4. The van der Waals surface area contributed by atoms with Gasteiger partial charge < -0.3 is 11.1 Å². The number of nitrogens with one attached hydrogen (secondary N) is 1. The smallest absolute Gasteiger partial charge is 0.221 e. The first-order valence-corrected chi connectivity index (χ1v) is 8.56. The third-order valence-electron chi connectivity index (χ3n) is 3.69. The van der Waals surface area contributed by atoms with E-state index in [2.05, 4.69) is 29.4 Å². The number of carbonyl (C=O) groups excluding carboxylic acids is 1. The van der Waals surface area contributed by atoms with E-state index >= 15 is 0 Å². The van der Waals surface area contributed by atoms with Gasteiger partial charge in [-0.05, 0) is 24.6 Å². The van der Waals surface area contributed by atoms with Crippen LogP contribution in [0.1, 0.15) is 29.1 Å². The van der Waals surface area contributed by atoms with Crippen molar-refractivity contribution >= 4 is 22.9 Å². The van der Waals surface area contributed by atoms with Crippen LogP contribution in [0.25, 0.3) is 11.3 Å². The number of anilines is 1. The van der Waals surface area contributed by atoms with Gasteiger partial charge >= 0.3 is 0 Å². The molecule has 0 saturated heterocycles. The zero-order valence-corrected chi connectivity index (χ0v) is 14.4. The third-order valence-corrected chi connectivity index (χ3v) is 4.62.